The number of aromatic nitrogens is 2. The number of para-hydroxylation sites is 1. The number of benzene rings is 2. The maximum Gasteiger partial charge on any atom is 0.246 e. The van der Waals surface area contributed by atoms with Gasteiger partial charge in [-0.1, -0.05) is 46.3 Å². The van der Waals surface area contributed by atoms with Crippen LogP contribution in [0.1, 0.15) is 5.56 Å². The predicted octanol–water partition coefficient (Wildman–Crippen LogP) is 4.17. The first-order valence-electron chi connectivity index (χ1n) is 9.16. The van der Waals surface area contributed by atoms with E-state index in [1.54, 1.807) is 11.0 Å². The average Bonchev–Trinajstić information content (AvgIpc) is 3.18. The minimum Gasteiger partial charge on any atom is -0.378 e. The Morgan fingerprint density at radius 1 is 1.07 bits per heavy atom. The van der Waals surface area contributed by atoms with Gasteiger partial charge in [-0.15, -0.1) is 0 Å². The van der Waals surface area contributed by atoms with Crippen LogP contribution in [-0.4, -0.2) is 46.9 Å². The van der Waals surface area contributed by atoms with Crippen LogP contribution < -0.4 is 0 Å². The van der Waals surface area contributed by atoms with Crippen molar-refractivity contribution < 1.29 is 9.53 Å². The van der Waals surface area contributed by atoms with Crippen LogP contribution in [0.5, 0.6) is 0 Å². The molecule has 0 saturated carbocycles. The first-order valence-corrected chi connectivity index (χ1v) is 9.96. The van der Waals surface area contributed by atoms with Crippen LogP contribution >= 0.6 is 15.9 Å². The molecule has 0 atom stereocenters. The normalized spacial score (nSPS) is 14.5. The summed E-state index contributed by atoms with van der Waals surface area (Å²) in [6.45, 7) is 2.44. The van der Waals surface area contributed by atoms with Gasteiger partial charge in [0.2, 0.25) is 5.91 Å². The molecule has 3 aromatic rings. The van der Waals surface area contributed by atoms with Crippen LogP contribution in [0.2, 0.25) is 0 Å². The second kappa shape index (κ2) is 8.54. The summed E-state index contributed by atoms with van der Waals surface area (Å²) in [5.74, 6) is -0.00375. The Morgan fingerprint density at radius 3 is 2.61 bits per heavy atom. The first kappa shape index (κ1) is 18.7. The van der Waals surface area contributed by atoms with E-state index in [1.807, 2.05) is 71.6 Å². The largest absolute Gasteiger partial charge is 0.378 e. The van der Waals surface area contributed by atoms with E-state index in [1.165, 1.54) is 0 Å². The Balaban J connectivity index is 1.69. The molecular formula is C22H20BrN3O2. The van der Waals surface area contributed by atoms with Crippen molar-refractivity contribution in [3.8, 4) is 16.9 Å². The summed E-state index contributed by atoms with van der Waals surface area (Å²) >= 11 is 3.52. The number of ether oxygens (including phenoxy) is 1. The zero-order valence-corrected chi connectivity index (χ0v) is 16.9. The van der Waals surface area contributed by atoms with E-state index in [-0.39, 0.29) is 5.91 Å². The standard InChI is InChI=1S/C22H20BrN3O2/c23-19-6-4-5-17(15-19)22-18(9-10-21(27)25-11-13-28-14-12-25)16-26(24-22)20-7-2-1-3-8-20/h1-10,15-16H,11-14H2/b10-9-. The fourth-order valence-electron chi connectivity index (χ4n) is 3.13. The van der Waals surface area contributed by atoms with Crippen molar-refractivity contribution in [2.45, 2.75) is 0 Å². The molecule has 1 amide bonds. The summed E-state index contributed by atoms with van der Waals surface area (Å²) in [7, 11) is 0. The quantitative estimate of drug-likeness (QED) is 0.575. The fraction of sp³-hybridized carbons (Fsp3) is 0.182. The monoisotopic (exact) mass is 437 g/mol. The van der Waals surface area contributed by atoms with Gasteiger partial charge in [0.05, 0.1) is 24.6 Å². The van der Waals surface area contributed by atoms with Gasteiger partial charge in [0.15, 0.2) is 0 Å². The van der Waals surface area contributed by atoms with Crippen LogP contribution in [0.15, 0.2) is 71.3 Å². The second-order valence-corrected chi connectivity index (χ2v) is 7.41. The van der Waals surface area contributed by atoms with Crippen molar-refractivity contribution in [3.63, 3.8) is 0 Å². The van der Waals surface area contributed by atoms with E-state index < -0.39 is 0 Å². The van der Waals surface area contributed by atoms with Gasteiger partial charge >= 0.3 is 0 Å². The molecule has 28 heavy (non-hydrogen) atoms. The lowest BCUT2D eigenvalue weighted by molar-refractivity contribution is -0.129. The average molecular weight is 438 g/mol. The molecule has 5 nitrogen and oxygen atoms in total. The van der Waals surface area contributed by atoms with Gasteiger partial charge in [0.1, 0.15) is 0 Å². The number of morpholine rings is 1. The lowest BCUT2D eigenvalue weighted by Gasteiger charge is -2.25. The van der Waals surface area contributed by atoms with Crippen molar-refractivity contribution in [1.29, 1.82) is 0 Å². The molecule has 4 rings (SSSR count). The van der Waals surface area contributed by atoms with Gasteiger partial charge in [0.25, 0.3) is 0 Å². The summed E-state index contributed by atoms with van der Waals surface area (Å²) in [4.78, 5) is 14.3. The van der Waals surface area contributed by atoms with Crippen molar-refractivity contribution in [2.75, 3.05) is 26.3 Å². The molecule has 1 fully saturated rings. The Morgan fingerprint density at radius 2 is 1.86 bits per heavy atom. The molecule has 0 unspecified atom stereocenters. The number of amides is 1. The summed E-state index contributed by atoms with van der Waals surface area (Å²) in [6.07, 6.45) is 5.42. The van der Waals surface area contributed by atoms with Gasteiger partial charge < -0.3 is 9.64 Å². The third-order valence-electron chi connectivity index (χ3n) is 4.59. The van der Waals surface area contributed by atoms with E-state index in [0.717, 1.165) is 27.0 Å². The summed E-state index contributed by atoms with van der Waals surface area (Å²) in [5, 5.41) is 4.78. The molecule has 0 radical (unpaired) electrons. The lowest BCUT2D eigenvalue weighted by atomic mass is 10.1. The number of hydrogen-bond acceptors (Lipinski definition) is 3. The molecule has 2 heterocycles. The molecule has 6 heteroatoms. The number of nitrogens with zero attached hydrogens (tertiary/aromatic N) is 3. The third kappa shape index (κ3) is 4.24. The number of rotatable bonds is 4. The molecule has 1 aliphatic heterocycles. The molecule has 0 N–H and O–H groups in total. The minimum absolute atomic E-state index is 0.00375. The number of hydrogen-bond donors (Lipinski definition) is 0. The predicted molar refractivity (Wildman–Crippen MR) is 113 cm³/mol. The Kier molecular flexibility index (Phi) is 5.69. The summed E-state index contributed by atoms with van der Waals surface area (Å²) in [6, 6.07) is 17.9. The third-order valence-corrected chi connectivity index (χ3v) is 5.08. The first-order chi connectivity index (χ1) is 13.7. The van der Waals surface area contributed by atoms with E-state index in [2.05, 4.69) is 15.9 Å². The van der Waals surface area contributed by atoms with Gasteiger partial charge in [0, 0.05) is 41.0 Å². The Labute approximate surface area is 172 Å². The molecule has 0 spiro atoms. The number of carbonyl (C=O) groups is 1. The minimum atomic E-state index is -0.00375. The number of carbonyl (C=O) groups excluding carboxylic acids is 1. The van der Waals surface area contributed by atoms with E-state index in [9.17, 15) is 4.79 Å². The maximum atomic E-state index is 12.5. The molecule has 1 aliphatic rings. The molecule has 0 aliphatic carbocycles. The van der Waals surface area contributed by atoms with Gasteiger partial charge in [-0.25, -0.2) is 4.68 Å². The molecule has 1 aromatic heterocycles. The van der Waals surface area contributed by atoms with E-state index in [0.29, 0.717) is 26.3 Å². The van der Waals surface area contributed by atoms with E-state index in [4.69, 9.17) is 9.84 Å². The van der Waals surface area contributed by atoms with Gasteiger partial charge in [-0.3, -0.25) is 4.79 Å². The highest BCUT2D eigenvalue weighted by Gasteiger charge is 2.15. The van der Waals surface area contributed by atoms with Crippen molar-refractivity contribution in [1.82, 2.24) is 14.7 Å². The zero-order chi connectivity index (χ0) is 19.3. The lowest BCUT2D eigenvalue weighted by Crippen LogP contribution is -2.39. The van der Waals surface area contributed by atoms with Crippen LogP contribution in [-0.2, 0) is 9.53 Å². The summed E-state index contributed by atoms with van der Waals surface area (Å²) < 4.78 is 8.14. The van der Waals surface area contributed by atoms with Crippen molar-refractivity contribution in [3.05, 3.63) is 76.9 Å². The zero-order valence-electron chi connectivity index (χ0n) is 15.3. The summed E-state index contributed by atoms with van der Waals surface area (Å²) in [5.41, 5.74) is 3.68. The van der Waals surface area contributed by atoms with Crippen LogP contribution in [0.25, 0.3) is 23.0 Å². The van der Waals surface area contributed by atoms with Crippen LogP contribution in [0, 0.1) is 0 Å². The highest BCUT2D eigenvalue weighted by molar-refractivity contribution is 9.10. The SMILES string of the molecule is O=C(/C=C\c1cn(-c2ccccc2)nc1-c1cccc(Br)c1)N1CCOCC1. The maximum absolute atomic E-state index is 12.5. The van der Waals surface area contributed by atoms with E-state index >= 15 is 0 Å². The molecule has 1 saturated heterocycles. The molecular weight excluding hydrogens is 418 g/mol. The smallest absolute Gasteiger partial charge is 0.246 e. The van der Waals surface area contributed by atoms with Crippen LogP contribution in [0.3, 0.4) is 0 Å². The second-order valence-electron chi connectivity index (χ2n) is 6.49. The number of halogens is 1. The molecule has 142 valence electrons. The highest BCUT2D eigenvalue weighted by atomic mass is 79.9. The van der Waals surface area contributed by atoms with Crippen molar-refractivity contribution in [2.24, 2.45) is 0 Å². The van der Waals surface area contributed by atoms with Crippen molar-refractivity contribution >= 4 is 27.9 Å². The Hall–Kier alpha value is -2.70. The topological polar surface area (TPSA) is 47.4 Å². The highest BCUT2D eigenvalue weighted by Crippen LogP contribution is 2.27. The Bertz CT molecular complexity index is 992. The molecule has 0 bridgehead atoms. The van der Waals surface area contributed by atoms with Gasteiger partial charge in [-0.2, -0.15) is 5.10 Å². The fourth-order valence-corrected chi connectivity index (χ4v) is 3.53. The van der Waals surface area contributed by atoms with Gasteiger partial charge in [-0.05, 0) is 30.3 Å². The molecule has 2 aromatic carbocycles. The van der Waals surface area contributed by atoms with Crippen LogP contribution in [0.4, 0.5) is 0 Å².